The fraction of sp³-hybridized carbons (Fsp3) is 0.875. The zero-order valence-corrected chi connectivity index (χ0v) is 13.3. The maximum Gasteiger partial charge on any atom is 0.222 e. The summed E-state index contributed by atoms with van der Waals surface area (Å²) in [7, 11) is 0. The minimum absolute atomic E-state index is 0.128. The van der Waals surface area contributed by atoms with Gasteiger partial charge in [-0.2, -0.15) is 0 Å². The average Bonchev–Trinajstić information content (AvgIpc) is 2.89. The molecule has 0 radical (unpaired) electrons. The lowest BCUT2D eigenvalue weighted by Crippen LogP contribution is -2.48. The fourth-order valence-corrected chi connectivity index (χ4v) is 3.34. The number of rotatable bonds is 6. The van der Waals surface area contributed by atoms with E-state index in [0.717, 1.165) is 38.8 Å². The van der Waals surface area contributed by atoms with Gasteiger partial charge in [-0.15, -0.1) is 0 Å². The molecule has 0 aromatic rings. The van der Waals surface area contributed by atoms with Crippen molar-refractivity contribution in [2.45, 2.75) is 64.5 Å². The van der Waals surface area contributed by atoms with Gasteiger partial charge in [0, 0.05) is 44.5 Å². The Morgan fingerprint density at radius 2 is 2.24 bits per heavy atom. The van der Waals surface area contributed by atoms with Crippen molar-refractivity contribution in [2.24, 2.45) is 5.92 Å². The number of likely N-dealkylation sites (tertiary alicyclic amines) is 1. The van der Waals surface area contributed by atoms with E-state index in [0.29, 0.717) is 25.4 Å². The van der Waals surface area contributed by atoms with Crippen molar-refractivity contribution in [3.05, 3.63) is 0 Å². The molecule has 120 valence electrons. The van der Waals surface area contributed by atoms with Gasteiger partial charge in [-0.05, 0) is 39.5 Å². The summed E-state index contributed by atoms with van der Waals surface area (Å²) in [4.78, 5) is 25.9. The average molecular weight is 296 g/mol. The number of carbonyl (C=O) groups is 2. The van der Waals surface area contributed by atoms with Crippen molar-refractivity contribution in [3.8, 4) is 0 Å². The Morgan fingerprint density at radius 3 is 2.90 bits per heavy atom. The van der Waals surface area contributed by atoms with Gasteiger partial charge < -0.3 is 15.0 Å². The van der Waals surface area contributed by atoms with E-state index in [9.17, 15) is 9.59 Å². The third-order valence-corrected chi connectivity index (χ3v) is 4.41. The smallest absolute Gasteiger partial charge is 0.222 e. The lowest BCUT2D eigenvalue weighted by atomic mass is 9.89. The topological polar surface area (TPSA) is 58.6 Å². The molecule has 0 bridgehead atoms. The summed E-state index contributed by atoms with van der Waals surface area (Å²) in [5, 5.41) is 2.89. The van der Waals surface area contributed by atoms with Gasteiger partial charge in [-0.25, -0.2) is 0 Å². The van der Waals surface area contributed by atoms with Crippen LogP contribution in [-0.4, -0.2) is 48.6 Å². The Hall–Kier alpha value is -1.10. The molecule has 5 heteroatoms. The number of hydrogen-bond acceptors (Lipinski definition) is 3. The van der Waals surface area contributed by atoms with E-state index < -0.39 is 0 Å². The molecule has 0 aliphatic carbocycles. The molecule has 0 aromatic carbocycles. The predicted molar refractivity (Wildman–Crippen MR) is 80.8 cm³/mol. The molecule has 0 unspecified atom stereocenters. The Bertz CT molecular complexity index is 371. The Labute approximate surface area is 127 Å². The molecule has 2 rings (SSSR count). The van der Waals surface area contributed by atoms with Crippen molar-refractivity contribution >= 4 is 11.8 Å². The maximum absolute atomic E-state index is 12.5. The molecule has 2 saturated heterocycles. The van der Waals surface area contributed by atoms with Crippen LogP contribution in [0.4, 0.5) is 0 Å². The maximum atomic E-state index is 12.5. The predicted octanol–water partition coefficient (Wildman–Crippen LogP) is 1.71. The number of carbonyl (C=O) groups excluding carboxylic acids is 2. The number of amides is 2. The van der Waals surface area contributed by atoms with Crippen LogP contribution in [0.15, 0.2) is 0 Å². The second-order valence-corrected chi connectivity index (χ2v) is 6.44. The Balaban J connectivity index is 1.83. The van der Waals surface area contributed by atoms with Gasteiger partial charge in [0.1, 0.15) is 0 Å². The van der Waals surface area contributed by atoms with Crippen LogP contribution in [0, 0.1) is 5.92 Å². The SMILES string of the molecule is CC(C)OCCCC(=O)N1CCCC[C@@H]1[C@H]1CNC(=O)C1. The van der Waals surface area contributed by atoms with Crippen LogP contribution in [0.25, 0.3) is 0 Å². The van der Waals surface area contributed by atoms with Gasteiger partial charge >= 0.3 is 0 Å². The molecule has 2 aliphatic heterocycles. The quantitative estimate of drug-likeness (QED) is 0.759. The van der Waals surface area contributed by atoms with Gasteiger partial charge in [0.05, 0.1) is 6.10 Å². The van der Waals surface area contributed by atoms with Crippen LogP contribution in [0.2, 0.25) is 0 Å². The molecule has 2 fully saturated rings. The van der Waals surface area contributed by atoms with E-state index in [1.54, 1.807) is 0 Å². The number of ether oxygens (including phenoxy) is 1. The molecule has 21 heavy (non-hydrogen) atoms. The minimum atomic E-state index is 0.128. The van der Waals surface area contributed by atoms with E-state index >= 15 is 0 Å². The van der Waals surface area contributed by atoms with Crippen molar-refractivity contribution in [1.29, 1.82) is 0 Å². The van der Waals surface area contributed by atoms with Gasteiger partial charge in [0.25, 0.3) is 0 Å². The number of hydrogen-bond donors (Lipinski definition) is 1. The summed E-state index contributed by atoms with van der Waals surface area (Å²) < 4.78 is 5.49. The van der Waals surface area contributed by atoms with E-state index in [4.69, 9.17) is 4.74 Å². The van der Waals surface area contributed by atoms with Gasteiger partial charge in [0.2, 0.25) is 11.8 Å². The molecule has 2 atom stereocenters. The Morgan fingerprint density at radius 1 is 1.43 bits per heavy atom. The summed E-state index contributed by atoms with van der Waals surface area (Å²) in [5.74, 6) is 0.656. The molecule has 2 heterocycles. The first-order valence-corrected chi connectivity index (χ1v) is 8.25. The van der Waals surface area contributed by atoms with E-state index in [1.165, 1.54) is 0 Å². The molecular weight excluding hydrogens is 268 g/mol. The van der Waals surface area contributed by atoms with Crippen molar-refractivity contribution in [3.63, 3.8) is 0 Å². The zero-order valence-electron chi connectivity index (χ0n) is 13.3. The van der Waals surface area contributed by atoms with E-state index in [-0.39, 0.29) is 24.0 Å². The van der Waals surface area contributed by atoms with E-state index in [1.807, 2.05) is 18.7 Å². The first-order valence-electron chi connectivity index (χ1n) is 8.25. The molecule has 0 spiro atoms. The lowest BCUT2D eigenvalue weighted by Gasteiger charge is -2.39. The summed E-state index contributed by atoms with van der Waals surface area (Å²) in [6.45, 7) is 6.23. The van der Waals surface area contributed by atoms with Crippen LogP contribution >= 0.6 is 0 Å². The largest absolute Gasteiger partial charge is 0.379 e. The highest BCUT2D eigenvalue weighted by Crippen LogP contribution is 2.28. The standard InChI is InChI=1S/C16H28N2O3/c1-12(2)21-9-5-7-16(20)18-8-4-3-6-14(18)13-10-15(19)17-11-13/h12-14H,3-11H2,1-2H3,(H,17,19)/t13-,14-/m1/s1. The highest BCUT2D eigenvalue weighted by molar-refractivity contribution is 5.79. The number of nitrogens with zero attached hydrogens (tertiary/aromatic N) is 1. The molecule has 2 amide bonds. The molecule has 2 aliphatic rings. The van der Waals surface area contributed by atoms with Crippen LogP contribution in [0.3, 0.4) is 0 Å². The second-order valence-electron chi connectivity index (χ2n) is 6.44. The number of nitrogens with one attached hydrogen (secondary N) is 1. The molecule has 0 saturated carbocycles. The molecular formula is C16H28N2O3. The fourth-order valence-electron chi connectivity index (χ4n) is 3.34. The summed E-state index contributed by atoms with van der Waals surface area (Å²) >= 11 is 0. The third-order valence-electron chi connectivity index (χ3n) is 4.41. The monoisotopic (exact) mass is 296 g/mol. The third kappa shape index (κ3) is 4.70. The summed E-state index contributed by atoms with van der Waals surface area (Å²) in [6.07, 6.45) is 5.41. The summed E-state index contributed by atoms with van der Waals surface area (Å²) in [6, 6.07) is 0.246. The second kappa shape index (κ2) is 7.78. The van der Waals surface area contributed by atoms with Gasteiger partial charge in [-0.3, -0.25) is 9.59 Å². The first kappa shape index (κ1) is 16.3. The zero-order chi connectivity index (χ0) is 15.2. The lowest BCUT2D eigenvalue weighted by molar-refractivity contribution is -0.137. The van der Waals surface area contributed by atoms with Gasteiger partial charge in [0.15, 0.2) is 0 Å². The van der Waals surface area contributed by atoms with Crippen LogP contribution in [0.1, 0.15) is 52.4 Å². The van der Waals surface area contributed by atoms with Crippen LogP contribution < -0.4 is 5.32 Å². The van der Waals surface area contributed by atoms with Crippen molar-refractivity contribution in [1.82, 2.24) is 10.2 Å². The summed E-state index contributed by atoms with van der Waals surface area (Å²) in [5.41, 5.74) is 0. The van der Waals surface area contributed by atoms with Crippen molar-refractivity contribution < 1.29 is 14.3 Å². The van der Waals surface area contributed by atoms with Crippen LogP contribution in [-0.2, 0) is 14.3 Å². The van der Waals surface area contributed by atoms with Crippen molar-refractivity contribution in [2.75, 3.05) is 19.7 Å². The molecule has 1 N–H and O–H groups in total. The molecule has 5 nitrogen and oxygen atoms in total. The van der Waals surface area contributed by atoms with E-state index in [2.05, 4.69) is 5.32 Å². The highest BCUT2D eigenvalue weighted by atomic mass is 16.5. The molecule has 0 aromatic heterocycles. The highest BCUT2D eigenvalue weighted by Gasteiger charge is 2.36. The minimum Gasteiger partial charge on any atom is -0.379 e. The number of piperidine rings is 1. The normalized spacial score (nSPS) is 26.2. The van der Waals surface area contributed by atoms with Crippen LogP contribution in [0.5, 0.6) is 0 Å². The van der Waals surface area contributed by atoms with Gasteiger partial charge in [-0.1, -0.05) is 0 Å². The Kier molecular flexibility index (Phi) is 6.03. The first-order chi connectivity index (χ1) is 10.1.